The lowest BCUT2D eigenvalue weighted by molar-refractivity contribution is -0.153. The number of esters is 2. The van der Waals surface area contributed by atoms with Gasteiger partial charge in [0.25, 0.3) is 0 Å². The van der Waals surface area contributed by atoms with E-state index in [4.69, 9.17) is 4.74 Å². The van der Waals surface area contributed by atoms with Gasteiger partial charge in [-0.2, -0.15) is 0 Å². The van der Waals surface area contributed by atoms with Crippen LogP contribution in [-0.4, -0.2) is 47.3 Å². The Kier molecular flexibility index (Phi) is 7.98. The molecule has 0 aromatic carbocycles. The third kappa shape index (κ3) is 7.50. The molecule has 1 rings (SSSR count). The highest BCUT2D eigenvalue weighted by molar-refractivity contribution is 7.09. The number of carbonyl (C=O) groups is 2. The summed E-state index contributed by atoms with van der Waals surface area (Å²) in [6, 6.07) is -0.104. The maximum Gasteiger partial charge on any atom is 0.357 e. The van der Waals surface area contributed by atoms with Crippen LogP contribution in [0, 0.1) is 5.92 Å². The van der Waals surface area contributed by atoms with Gasteiger partial charge in [-0.25, -0.2) is 9.78 Å². The van der Waals surface area contributed by atoms with Crippen LogP contribution in [0.3, 0.4) is 0 Å². The van der Waals surface area contributed by atoms with E-state index in [1.54, 1.807) is 5.38 Å². The average Bonchev–Trinajstić information content (AvgIpc) is 2.98. The number of aliphatic hydroxyl groups is 1. The van der Waals surface area contributed by atoms with E-state index < -0.39 is 17.7 Å². The molecule has 1 heterocycles. The Bertz CT molecular complexity index is 580. The highest BCUT2D eigenvalue weighted by atomic mass is 32.1. The Morgan fingerprint density at radius 3 is 2.52 bits per heavy atom. The molecule has 0 aliphatic heterocycles. The van der Waals surface area contributed by atoms with E-state index in [0.29, 0.717) is 11.4 Å². The first-order chi connectivity index (χ1) is 11.5. The largest absolute Gasteiger partial charge is 0.464 e. The van der Waals surface area contributed by atoms with E-state index in [2.05, 4.69) is 15.0 Å². The van der Waals surface area contributed by atoms with Crippen molar-refractivity contribution in [3.63, 3.8) is 0 Å². The fraction of sp³-hybridized carbons (Fsp3) is 0.706. The lowest BCUT2D eigenvalue weighted by Crippen LogP contribution is -2.40. The van der Waals surface area contributed by atoms with Crippen LogP contribution < -0.4 is 5.32 Å². The number of methoxy groups -OCH3 is 1. The van der Waals surface area contributed by atoms with Crippen LogP contribution in [0.1, 0.15) is 62.6 Å². The third-order valence-corrected chi connectivity index (χ3v) is 4.36. The van der Waals surface area contributed by atoms with Crippen molar-refractivity contribution >= 4 is 23.3 Å². The Morgan fingerprint density at radius 1 is 1.36 bits per heavy atom. The molecule has 0 bridgehead atoms. The van der Waals surface area contributed by atoms with Gasteiger partial charge in [0.15, 0.2) is 5.69 Å². The number of aromatic nitrogens is 1. The minimum Gasteiger partial charge on any atom is -0.464 e. The Balaban J connectivity index is 2.63. The van der Waals surface area contributed by atoms with E-state index in [0.717, 1.165) is 0 Å². The van der Waals surface area contributed by atoms with Crippen LogP contribution in [-0.2, 0) is 14.3 Å². The van der Waals surface area contributed by atoms with Gasteiger partial charge in [0.1, 0.15) is 16.7 Å². The van der Waals surface area contributed by atoms with Crippen LogP contribution in [0.15, 0.2) is 5.38 Å². The molecule has 0 amide bonds. The van der Waals surface area contributed by atoms with Crippen molar-refractivity contribution in [3.05, 3.63) is 16.1 Å². The molecular weight excluding hydrogens is 344 g/mol. The standard InChI is InChI=1S/C17H28N2O5S/c1-10(2)11(18-8-14(21)24-17(3,4)5)7-13(20)15-19-12(9-25-15)16(22)23-6/h9-11,13,18,20H,7-8H2,1-6H3. The normalized spacial score (nSPS) is 14.2. The first kappa shape index (κ1) is 21.5. The summed E-state index contributed by atoms with van der Waals surface area (Å²) >= 11 is 1.21. The maximum atomic E-state index is 11.8. The van der Waals surface area contributed by atoms with Crippen molar-refractivity contribution in [1.29, 1.82) is 0 Å². The molecule has 0 radical (unpaired) electrons. The zero-order valence-corrected chi connectivity index (χ0v) is 16.5. The fourth-order valence-electron chi connectivity index (χ4n) is 2.16. The molecule has 142 valence electrons. The molecule has 0 aliphatic rings. The van der Waals surface area contributed by atoms with Crippen molar-refractivity contribution in [1.82, 2.24) is 10.3 Å². The number of carbonyl (C=O) groups excluding carboxylic acids is 2. The fourth-order valence-corrected chi connectivity index (χ4v) is 2.95. The van der Waals surface area contributed by atoms with Crippen molar-refractivity contribution in [3.8, 4) is 0 Å². The molecule has 25 heavy (non-hydrogen) atoms. The second kappa shape index (κ2) is 9.26. The highest BCUT2D eigenvalue weighted by Crippen LogP contribution is 2.24. The second-order valence-electron chi connectivity index (χ2n) is 7.13. The van der Waals surface area contributed by atoms with Crippen LogP contribution in [0.5, 0.6) is 0 Å². The monoisotopic (exact) mass is 372 g/mol. The molecule has 0 saturated carbocycles. The van der Waals surface area contributed by atoms with Gasteiger partial charge < -0.3 is 19.9 Å². The number of hydrogen-bond donors (Lipinski definition) is 2. The van der Waals surface area contributed by atoms with E-state index in [-0.39, 0.29) is 30.2 Å². The maximum absolute atomic E-state index is 11.8. The summed E-state index contributed by atoms with van der Waals surface area (Å²) in [5, 5.41) is 15.5. The van der Waals surface area contributed by atoms with Gasteiger partial charge in [-0.1, -0.05) is 13.8 Å². The van der Waals surface area contributed by atoms with Crippen LogP contribution in [0.2, 0.25) is 0 Å². The van der Waals surface area contributed by atoms with E-state index in [9.17, 15) is 14.7 Å². The molecule has 2 atom stereocenters. The minimum atomic E-state index is -0.832. The number of nitrogens with zero attached hydrogens (tertiary/aromatic N) is 1. The van der Waals surface area contributed by atoms with E-state index in [1.165, 1.54) is 18.4 Å². The van der Waals surface area contributed by atoms with Gasteiger partial charge in [0.05, 0.1) is 13.7 Å². The van der Waals surface area contributed by atoms with Crippen molar-refractivity contribution < 1.29 is 24.2 Å². The van der Waals surface area contributed by atoms with Crippen molar-refractivity contribution in [2.45, 2.75) is 58.8 Å². The summed E-state index contributed by atoms with van der Waals surface area (Å²) in [6.45, 7) is 9.52. The number of ether oxygens (including phenoxy) is 2. The number of rotatable bonds is 8. The minimum absolute atomic E-state index is 0.0676. The molecule has 2 unspecified atom stereocenters. The first-order valence-corrected chi connectivity index (χ1v) is 9.08. The van der Waals surface area contributed by atoms with Gasteiger partial charge in [-0.05, 0) is 33.1 Å². The van der Waals surface area contributed by atoms with Crippen LogP contribution >= 0.6 is 11.3 Å². The number of nitrogens with one attached hydrogen (secondary N) is 1. The quantitative estimate of drug-likeness (QED) is 0.676. The summed E-state index contributed by atoms with van der Waals surface area (Å²) in [5.41, 5.74) is -0.346. The Labute approximate surface area is 152 Å². The predicted molar refractivity (Wildman–Crippen MR) is 95.5 cm³/mol. The molecule has 2 N–H and O–H groups in total. The molecule has 0 saturated heterocycles. The van der Waals surface area contributed by atoms with Crippen molar-refractivity contribution in [2.24, 2.45) is 5.92 Å². The molecule has 0 fully saturated rings. The molecule has 1 aromatic heterocycles. The first-order valence-electron chi connectivity index (χ1n) is 8.20. The summed E-state index contributed by atoms with van der Waals surface area (Å²) in [7, 11) is 1.28. The highest BCUT2D eigenvalue weighted by Gasteiger charge is 2.24. The van der Waals surface area contributed by atoms with Gasteiger partial charge in [-0.15, -0.1) is 11.3 Å². The van der Waals surface area contributed by atoms with E-state index >= 15 is 0 Å². The SMILES string of the molecule is COC(=O)c1csc(C(O)CC(NCC(=O)OC(C)(C)C)C(C)C)n1. The smallest absolute Gasteiger partial charge is 0.357 e. The van der Waals surface area contributed by atoms with Crippen LogP contribution in [0.4, 0.5) is 0 Å². The van der Waals surface area contributed by atoms with Gasteiger partial charge in [0.2, 0.25) is 0 Å². The summed E-state index contributed by atoms with van der Waals surface area (Å²) in [4.78, 5) is 27.4. The lowest BCUT2D eigenvalue weighted by atomic mass is 9.98. The topological polar surface area (TPSA) is 97.8 Å². The molecule has 0 aliphatic carbocycles. The van der Waals surface area contributed by atoms with Gasteiger partial charge >= 0.3 is 11.9 Å². The van der Waals surface area contributed by atoms with Gasteiger partial charge in [0, 0.05) is 11.4 Å². The van der Waals surface area contributed by atoms with E-state index in [1.807, 2.05) is 34.6 Å². The number of hydrogen-bond acceptors (Lipinski definition) is 8. The molecule has 1 aromatic rings. The molecule has 0 spiro atoms. The van der Waals surface area contributed by atoms with Crippen LogP contribution in [0.25, 0.3) is 0 Å². The zero-order chi connectivity index (χ0) is 19.2. The van der Waals surface area contributed by atoms with Crippen molar-refractivity contribution in [2.75, 3.05) is 13.7 Å². The molecular formula is C17H28N2O5S. The zero-order valence-electron chi connectivity index (χ0n) is 15.7. The summed E-state index contributed by atoms with van der Waals surface area (Å²) < 4.78 is 9.89. The lowest BCUT2D eigenvalue weighted by Gasteiger charge is -2.25. The predicted octanol–water partition coefficient (Wildman–Crippen LogP) is 2.31. The number of aliphatic hydroxyl groups excluding tert-OH is 1. The van der Waals surface area contributed by atoms with Gasteiger partial charge in [-0.3, -0.25) is 4.79 Å². The second-order valence-corrected chi connectivity index (χ2v) is 8.02. The Hall–Kier alpha value is -1.51. The Morgan fingerprint density at radius 2 is 2.00 bits per heavy atom. The number of thiazole rings is 1. The third-order valence-electron chi connectivity index (χ3n) is 3.41. The average molecular weight is 372 g/mol. The summed E-state index contributed by atoms with van der Waals surface area (Å²) in [5.74, 6) is -0.676. The summed E-state index contributed by atoms with van der Waals surface area (Å²) in [6.07, 6.45) is -0.462. The molecule has 8 heteroatoms. The molecule has 7 nitrogen and oxygen atoms in total.